The summed E-state index contributed by atoms with van der Waals surface area (Å²) in [6, 6.07) is 9.57. The van der Waals surface area contributed by atoms with E-state index in [1.165, 1.54) is 0 Å². The van der Waals surface area contributed by atoms with Crippen molar-refractivity contribution in [2.24, 2.45) is 0 Å². The molecule has 3 aromatic rings. The Kier molecular flexibility index (Phi) is 4.59. The van der Waals surface area contributed by atoms with Crippen LogP contribution in [0.2, 0.25) is 5.15 Å². The molecule has 2 aromatic heterocycles. The van der Waals surface area contributed by atoms with Crippen LogP contribution in [0.5, 0.6) is 0 Å². The van der Waals surface area contributed by atoms with E-state index in [2.05, 4.69) is 48.3 Å². The van der Waals surface area contributed by atoms with Gasteiger partial charge in [-0.15, -0.1) is 0 Å². The molecule has 6 heteroatoms. The van der Waals surface area contributed by atoms with Crippen LogP contribution < -0.4 is 5.32 Å². The van der Waals surface area contributed by atoms with Crippen LogP contribution in [0.3, 0.4) is 0 Å². The first-order chi connectivity index (χ1) is 11.0. The quantitative estimate of drug-likeness (QED) is 0.616. The highest BCUT2D eigenvalue weighted by Crippen LogP contribution is 2.29. The van der Waals surface area contributed by atoms with Gasteiger partial charge in [0.25, 0.3) is 0 Å². The number of hydrogen-bond donors (Lipinski definition) is 1. The van der Waals surface area contributed by atoms with E-state index in [0.717, 1.165) is 26.9 Å². The zero-order chi connectivity index (χ0) is 16.4. The summed E-state index contributed by atoms with van der Waals surface area (Å²) < 4.78 is 1.05. The summed E-state index contributed by atoms with van der Waals surface area (Å²) in [6.07, 6.45) is 3.42. The molecule has 0 unspecified atom stereocenters. The molecule has 0 saturated carbocycles. The van der Waals surface area contributed by atoms with Crippen molar-refractivity contribution in [3.8, 4) is 11.4 Å². The smallest absolute Gasteiger partial charge is 0.164 e. The van der Waals surface area contributed by atoms with Gasteiger partial charge in [-0.3, -0.25) is 4.98 Å². The molecule has 0 aliphatic rings. The van der Waals surface area contributed by atoms with Crippen molar-refractivity contribution in [3.63, 3.8) is 0 Å². The Balaban J connectivity index is 2.00. The lowest BCUT2D eigenvalue weighted by Gasteiger charge is -2.13. The third kappa shape index (κ3) is 3.68. The van der Waals surface area contributed by atoms with E-state index in [-0.39, 0.29) is 0 Å². The molecule has 3 rings (SSSR count). The Morgan fingerprint density at radius 1 is 1.09 bits per heavy atom. The molecule has 0 radical (unpaired) electrons. The first kappa shape index (κ1) is 15.9. The maximum absolute atomic E-state index is 6.15. The summed E-state index contributed by atoms with van der Waals surface area (Å²) in [5.41, 5.74) is 4.08. The second-order valence-corrected chi connectivity index (χ2v) is 6.48. The van der Waals surface area contributed by atoms with Gasteiger partial charge in [0.15, 0.2) is 5.82 Å². The van der Waals surface area contributed by atoms with Crippen molar-refractivity contribution < 1.29 is 0 Å². The summed E-state index contributed by atoms with van der Waals surface area (Å²) in [6.45, 7) is 4.09. The van der Waals surface area contributed by atoms with Gasteiger partial charge in [0.05, 0.1) is 0 Å². The number of hydrogen-bond acceptors (Lipinski definition) is 4. The van der Waals surface area contributed by atoms with Gasteiger partial charge < -0.3 is 5.32 Å². The minimum Gasteiger partial charge on any atom is -0.340 e. The van der Waals surface area contributed by atoms with Crippen molar-refractivity contribution in [2.75, 3.05) is 5.32 Å². The second kappa shape index (κ2) is 6.64. The molecule has 4 nitrogen and oxygen atoms in total. The van der Waals surface area contributed by atoms with Crippen LogP contribution in [0.25, 0.3) is 11.4 Å². The molecule has 116 valence electrons. The highest BCUT2D eigenvalue weighted by atomic mass is 79.9. The van der Waals surface area contributed by atoms with Gasteiger partial charge in [-0.2, -0.15) is 0 Å². The van der Waals surface area contributed by atoms with E-state index in [1.54, 1.807) is 18.5 Å². The molecule has 23 heavy (non-hydrogen) atoms. The molecule has 0 saturated heterocycles. The molecule has 2 heterocycles. The van der Waals surface area contributed by atoms with E-state index < -0.39 is 0 Å². The van der Waals surface area contributed by atoms with Gasteiger partial charge in [-0.25, -0.2) is 9.97 Å². The van der Waals surface area contributed by atoms with Crippen LogP contribution in [-0.4, -0.2) is 15.0 Å². The summed E-state index contributed by atoms with van der Waals surface area (Å²) in [7, 11) is 0. The first-order valence-electron chi connectivity index (χ1n) is 7.01. The first-order valence-corrected chi connectivity index (χ1v) is 8.19. The number of benzene rings is 1. The number of aromatic nitrogens is 3. The highest BCUT2D eigenvalue weighted by molar-refractivity contribution is 9.10. The van der Waals surface area contributed by atoms with E-state index in [4.69, 9.17) is 11.6 Å². The normalized spacial score (nSPS) is 10.6. The van der Waals surface area contributed by atoms with Gasteiger partial charge >= 0.3 is 0 Å². The molecule has 0 atom stereocenters. The molecule has 0 aliphatic heterocycles. The fraction of sp³-hybridized carbons (Fsp3) is 0.118. The molecule has 1 aromatic carbocycles. The Morgan fingerprint density at radius 3 is 2.48 bits per heavy atom. The second-order valence-electron chi connectivity index (χ2n) is 5.18. The lowest BCUT2D eigenvalue weighted by Crippen LogP contribution is -2.01. The van der Waals surface area contributed by atoms with E-state index >= 15 is 0 Å². The van der Waals surface area contributed by atoms with Crippen molar-refractivity contribution in [2.45, 2.75) is 13.8 Å². The topological polar surface area (TPSA) is 50.7 Å². The van der Waals surface area contributed by atoms with Crippen molar-refractivity contribution >= 4 is 39.0 Å². The predicted molar refractivity (Wildman–Crippen MR) is 97.2 cm³/mol. The van der Waals surface area contributed by atoms with Crippen molar-refractivity contribution in [3.05, 3.63) is 63.5 Å². The molecule has 0 bridgehead atoms. The molecule has 1 N–H and O–H groups in total. The average molecular weight is 390 g/mol. The van der Waals surface area contributed by atoms with Crippen LogP contribution in [0, 0.1) is 13.8 Å². The Hall–Kier alpha value is -1.98. The van der Waals surface area contributed by atoms with Crippen LogP contribution >= 0.6 is 27.5 Å². The van der Waals surface area contributed by atoms with Crippen molar-refractivity contribution in [1.29, 1.82) is 0 Å². The number of pyridine rings is 1. The van der Waals surface area contributed by atoms with Gasteiger partial charge in [0, 0.05) is 34.2 Å². The van der Waals surface area contributed by atoms with E-state index in [1.807, 2.05) is 26.0 Å². The third-order valence-corrected chi connectivity index (χ3v) is 4.02. The summed E-state index contributed by atoms with van der Waals surface area (Å²) in [4.78, 5) is 12.9. The number of halogens is 2. The largest absolute Gasteiger partial charge is 0.340 e. The predicted octanol–water partition coefficient (Wildman–Crippen LogP) is 5.31. The standard InChI is InChI=1S/C17H14BrClN4/c1-10-6-13(18)7-11(2)16(10)22-15-8-14(19)21-17(23-15)12-4-3-5-20-9-12/h3-9H,1-2H3,(H,21,22,23). The van der Waals surface area contributed by atoms with Crippen LogP contribution in [0.15, 0.2) is 47.2 Å². The van der Waals surface area contributed by atoms with Crippen molar-refractivity contribution in [1.82, 2.24) is 15.0 Å². The lowest BCUT2D eigenvalue weighted by molar-refractivity contribution is 1.16. The fourth-order valence-corrected chi connectivity index (χ4v) is 3.21. The number of nitrogens with zero attached hydrogens (tertiary/aromatic N) is 3. The van der Waals surface area contributed by atoms with Gasteiger partial charge in [0.2, 0.25) is 0 Å². The highest BCUT2D eigenvalue weighted by Gasteiger charge is 2.09. The summed E-state index contributed by atoms with van der Waals surface area (Å²) >= 11 is 9.66. The maximum atomic E-state index is 6.15. The van der Waals surface area contributed by atoms with Gasteiger partial charge in [-0.1, -0.05) is 27.5 Å². The average Bonchev–Trinajstić information content (AvgIpc) is 2.51. The molecule has 0 amide bonds. The monoisotopic (exact) mass is 388 g/mol. The van der Waals surface area contributed by atoms with E-state index in [9.17, 15) is 0 Å². The third-order valence-electron chi connectivity index (χ3n) is 3.37. The van der Waals surface area contributed by atoms with Gasteiger partial charge in [-0.05, 0) is 49.2 Å². The zero-order valence-corrected chi connectivity index (χ0v) is 15.0. The minimum absolute atomic E-state index is 0.383. The number of anilines is 2. The Morgan fingerprint density at radius 2 is 1.83 bits per heavy atom. The molecule has 0 aliphatic carbocycles. The molecule has 0 spiro atoms. The fourth-order valence-electron chi connectivity index (χ4n) is 2.34. The summed E-state index contributed by atoms with van der Waals surface area (Å²) in [5, 5.41) is 3.73. The van der Waals surface area contributed by atoms with Gasteiger partial charge in [0.1, 0.15) is 11.0 Å². The molecular weight excluding hydrogens is 376 g/mol. The lowest BCUT2D eigenvalue weighted by atomic mass is 10.1. The Bertz CT molecular complexity index is 829. The van der Waals surface area contributed by atoms with E-state index in [0.29, 0.717) is 16.8 Å². The molecule has 0 fully saturated rings. The SMILES string of the molecule is Cc1cc(Br)cc(C)c1Nc1cc(Cl)nc(-c2cccnc2)n1. The maximum Gasteiger partial charge on any atom is 0.164 e. The van der Waals surface area contributed by atoms with Crippen LogP contribution in [0.4, 0.5) is 11.5 Å². The minimum atomic E-state index is 0.383. The number of nitrogens with one attached hydrogen (secondary N) is 1. The number of aryl methyl sites for hydroxylation is 2. The zero-order valence-electron chi connectivity index (χ0n) is 12.6. The molecular formula is C17H14BrClN4. The van der Waals surface area contributed by atoms with Crippen LogP contribution in [0.1, 0.15) is 11.1 Å². The van der Waals surface area contributed by atoms with Crippen LogP contribution in [-0.2, 0) is 0 Å². The number of rotatable bonds is 3. The summed E-state index contributed by atoms with van der Waals surface area (Å²) in [5.74, 6) is 1.19. The Labute approximate surface area is 148 Å².